The summed E-state index contributed by atoms with van der Waals surface area (Å²) >= 11 is 11.8. The molecular weight excluding hydrogens is 285 g/mol. The highest BCUT2D eigenvalue weighted by atomic mass is 35.5. The number of halogens is 2. The third kappa shape index (κ3) is 2.83. The van der Waals surface area contributed by atoms with Crippen molar-refractivity contribution in [2.45, 2.75) is 25.8 Å². The van der Waals surface area contributed by atoms with Gasteiger partial charge in [0, 0.05) is 13.1 Å². The minimum Gasteiger partial charge on any atom is -0.314 e. The Balaban J connectivity index is 1.77. The van der Waals surface area contributed by atoms with Crippen molar-refractivity contribution in [3.63, 3.8) is 0 Å². The maximum Gasteiger partial charge on any atom is 0.225 e. The van der Waals surface area contributed by atoms with E-state index < -0.39 is 0 Å². The number of likely N-dealkylation sites (tertiary alicyclic amines) is 1. The van der Waals surface area contributed by atoms with E-state index in [2.05, 4.69) is 19.9 Å². The van der Waals surface area contributed by atoms with Gasteiger partial charge < -0.3 is 9.47 Å². The molecule has 1 fully saturated rings. The average Bonchev–Trinajstić information content (AvgIpc) is 2.81. The van der Waals surface area contributed by atoms with Crippen molar-refractivity contribution < 1.29 is 0 Å². The van der Waals surface area contributed by atoms with Crippen molar-refractivity contribution in [3.05, 3.63) is 16.8 Å². The van der Waals surface area contributed by atoms with Crippen molar-refractivity contribution in [3.8, 4) is 0 Å². The molecule has 0 N–H and O–H groups in total. The maximum atomic E-state index is 6.00. The highest BCUT2D eigenvalue weighted by Crippen LogP contribution is 2.20. The van der Waals surface area contributed by atoms with Crippen LogP contribution >= 0.6 is 23.2 Å². The Hall–Kier alpha value is -0.910. The highest BCUT2D eigenvalue weighted by Gasteiger charge is 2.13. The molecule has 0 saturated carbocycles. The number of hydrogen-bond donors (Lipinski definition) is 0. The van der Waals surface area contributed by atoms with Crippen molar-refractivity contribution >= 4 is 34.4 Å². The molecule has 0 bridgehead atoms. The lowest BCUT2D eigenvalue weighted by Crippen LogP contribution is -2.32. The van der Waals surface area contributed by atoms with Crippen LogP contribution in [0.2, 0.25) is 10.4 Å². The summed E-state index contributed by atoms with van der Waals surface area (Å²) in [4.78, 5) is 14.8. The first-order valence-electron chi connectivity index (χ1n) is 6.50. The normalized spacial score (nSPS) is 17.2. The fraction of sp³-hybridized carbons (Fsp3) is 0.583. The maximum absolute atomic E-state index is 6.00. The molecule has 3 heterocycles. The van der Waals surface area contributed by atoms with E-state index in [9.17, 15) is 0 Å². The molecule has 102 valence electrons. The quantitative estimate of drug-likeness (QED) is 0.646. The molecule has 19 heavy (non-hydrogen) atoms. The highest BCUT2D eigenvalue weighted by molar-refractivity contribution is 6.35. The van der Waals surface area contributed by atoms with Crippen LogP contribution in [0.1, 0.15) is 19.3 Å². The molecule has 0 aromatic carbocycles. The third-order valence-electron chi connectivity index (χ3n) is 3.50. The van der Waals surface area contributed by atoms with Gasteiger partial charge in [-0.25, -0.2) is 9.97 Å². The van der Waals surface area contributed by atoms with Crippen molar-refractivity contribution in [1.29, 1.82) is 0 Å². The molecule has 1 aliphatic heterocycles. The SMILES string of the molecule is Clc1nc(Cl)c2ncn(CCN3CCCCC3)c2n1. The van der Waals surface area contributed by atoms with E-state index in [0.29, 0.717) is 16.3 Å². The van der Waals surface area contributed by atoms with Gasteiger partial charge in [0.2, 0.25) is 5.28 Å². The van der Waals surface area contributed by atoms with Crippen molar-refractivity contribution in [2.75, 3.05) is 19.6 Å². The van der Waals surface area contributed by atoms with Gasteiger partial charge in [0.1, 0.15) is 5.52 Å². The van der Waals surface area contributed by atoms with Crippen LogP contribution in [0.5, 0.6) is 0 Å². The molecule has 2 aromatic rings. The van der Waals surface area contributed by atoms with E-state index in [0.717, 1.165) is 13.1 Å². The summed E-state index contributed by atoms with van der Waals surface area (Å²) < 4.78 is 1.99. The molecule has 1 aliphatic rings. The summed E-state index contributed by atoms with van der Waals surface area (Å²) in [5, 5.41) is 0.476. The molecular formula is C12H15Cl2N5. The lowest BCUT2D eigenvalue weighted by Gasteiger charge is -2.26. The topological polar surface area (TPSA) is 46.8 Å². The van der Waals surface area contributed by atoms with E-state index in [1.807, 2.05) is 4.57 Å². The van der Waals surface area contributed by atoms with E-state index >= 15 is 0 Å². The summed E-state index contributed by atoms with van der Waals surface area (Å²) in [6.07, 6.45) is 5.70. The first-order chi connectivity index (χ1) is 9.24. The van der Waals surface area contributed by atoms with E-state index in [-0.39, 0.29) is 5.28 Å². The van der Waals surface area contributed by atoms with Gasteiger partial charge in [-0.05, 0) is 37.5 Å². The zero-order chi connectivity index (χ0) is 13.2. The Morgan fingerprint density at radius 2 is 1.84 bits per heavy atom. The minimum atomic E-state index is 0.164. The predicted molar refractivity (Wildman–Crippen MR) is 75.6 cm³/mol. The first-order valence-corrected chi connectivity index (χ1v) is 7.26. The summed E-state index contributed by atoms with van der Waals surface area (Å²) in [5.41, 5.74) is 1.33. The van der Waals surface area contributed by atoms with Crippen molar-refractivity contribution in [1.82, 2.24) is 24.4 Å². The van der Waals surface area contributed by atoms with Gasteiger partial charge >= 0.3 is 0 Å². The fourth-order valence-corrected chi connectivity index (χ4v) is 2.90. The zero-order valence-electron chi connectivity index (χ0n) is 10.5. The lowest BCUT2D eigenvalue weighted by atomic mass is 10.1. The lowest BCUT2D eigenvalue weighted by molar-refractivity contribution is 0.221. The van der Waals surface area contributed by atoms with Crippen LogP contribution in [-0.4, -0.2) is 44.1 Å². The molecule has 0 unspecified atom stereocenters. The molecule has 7 heteroatoms. The van der Waals surface area contributed by atoms with Gasteiger partial charge in [-0.1, -0.05) is 18.0 Å². The van der Waals surface area contributed by atoms with Crippen LogP contribution in [0.4, 0.5) is 0 Å². The molecule has 0 spiro atoms. The summed E-state index contributed by atoms with van der Waals surface area (Å²) in [5.74, 6) is 0. The molecule has 3 rings (SSSR count). The number of hydrogen-bond acceptors (Lipinski definition) is 4. The molecule has 0 aliphatic carbocycles. The minimum absolute atomic E-state index is 0.164. The average molecular weight is 300 g/mol. The molecule has 1 saturated heterocycles. The largest absolute Gasteiger partial charge is 0.314 e. The molecule has 0 atom stereocenters. The van der Waals surface area contributed by atoms with Crippen LogP contribution in [0.3, 0.4) is 0 Å². The van der Waals surface area contributed by atoms with Crippen molar-refractivity contribution in [2.24, 2.45) is 0 Å². The second-order valence-electron chi connectivity index (χ2n) is 4.80. The van der Waals surface area contributed by atoms with Crippen LogP contribution in [-0.2, 0) is 6.54 Å². The molecule has 2 aromatic heterocycles. The monoisotopic (exact) mass is 299 g/mol. The smallest absolute Gasteiger partial charge is 0.225 e. The number of aromatic nitrogens is 4. The van der Waals surface area contributed by atoms with Gasteiger partial charge in [0.15, 0.2) is 10.8 Å². The van der Waals surface area contributed by atoms with Gasteiger partial charge in [-0.15, -0.1) is 0 Å². The Morgan fingerprint density at radius 1 is 1.05 bits per heavy atom. The van der Waals surface area contributed by atoms with Gasteiger partial charge in [-0.3, -0.25) is 0 Å². The molecule has 0 amide bonds. The van der Waals surface area contributed by atoms with E-state index in [1.165, 1.54) is 32.4 Å². The van der Waals surface area contributed by atoms with Gasteiger partial charge in [-0.2, -0.15) is 4.98 Å². The van der Waals surface area contributed by atoms with Crippen LogP contribution in [0.25, 0.3) is 11.2 Å². The number of nitrogens with zero attached hydrogens (tertiary/aromatic N) is 5. The van der Waals surface area contributed by atoms with Gasteiger partial charge in [0.25, 0.3) is 0 Å². The summed E-state index contributed by atoms with van der Waals surface area (Å²) in [7, 11) is 0. The second kappa shape index (κ2) is 5.61. The number of rotatable bonds is 3. The Bertz CT molecular complexity index is 577. The Morgan fingerprint density at radius 3 is 2.63 bits per heavy atom. The second-order valence-corrected chi connectivity index (χ2v) is 5.49. The number of fused-ring (bicyclic) bond motifs is 1. The number of imidazole rings is 1. The number of piperidine rings is 1. The van der Waals surface area contributed by atoms with Gasteiger partial charge in [0.05, 0.1) is 6.33 Å². The third-order valence-corrected chi connectivity index (χ3v) is 3.93. The zero-order valence-corrected chi connectivity index (χ0v) is 12.0. The first kappa shape index (κ1) is 13.1. The summed E-state index contributed by atoms with van der Waals surface area (Å²) in [6, 6.07) is 0. The van der Waals surface area contributed by atoms with Crippen LogP contribution < -0.4 is 0 Å². The van der Waals surface area contributed by atoms with E-state index in [4.69, 9.17) is 23.2 Å². The van der Waals surface area contributed by atoms with Crippen LogP contribution in [0.15, 0.2) is 6.33 Å². The summed E-state index contributed by atoms with van der Waals surface area (Å²) in [6.45, 7) is 4.22. The molecule has 5 nitrogen and oxygen atoms in total. The van der Waals surface area contributed by atoms with E-state index in [1.54, 1.807) is 6.33 Å². The molecule has 0 radical (unpaired) electrons. The standard InChI is InChI=1S/C12H15Cl2N5/c13-10-9-11(17-12(14)16-10)19(8-15-9)7-6-18-4-2-1-3-5-18/h8H,1-7H2. The Labute approximate surface area is 121 Å². The Kier molecular flexibility index (Phi) is 3.86. The fourth-order valence-electron chi connectivity index (χ4n) is 2.48. The predicted octanol–water partition coefficient (Wildman–Crippen LogP) is 2.62. The van der Waals surface area contributed by atoms with Crippen LogP contribution in [0, 0.1) is 0 Å².